The van der Waals surface area contributed by atoms with Gasteiger partial charge in [-0.15, -0.1) is 5.10 Å². The van der Waals surface area contributed by atoms with Gasteiger partial charge in [0.1, 0.15) is 11.3 Å². The maximum Gasteiger partial charge on any atom is 0.255 e. The third kappa shape index (κ3) is 3.21. The molecule has 0 aliphatic rings. The van der Waals surface area contributed by atoms with Crippen LogP contribution in [0.3, 0.4) is 0 Å². The lowest BCUT2D eigenvalue weighted by molar-refractivity contribution is 0.0961. The molecule has 0 bridgehead atoms. The number of aromatic nitrogens is 3. The number of methoxy groups -OCH3 is 1. The SMILES string of the molecule is CCn1nnc2cc(C(=O)Nc3cc(C(=O)NC)ccc3OC)ccc21. The highest BCUT2D eigenvalue weighted by Crippen LogP contribution is 2.26. The Hall–Kier alpha value is -3.42. The van der Waals surface area contributed by atoms with Gasteiger partial charge >= 0.3 is 0 Å². The van der Waals surface area contributed by atoms with Gasteiger partial charge in [0.05, 0.1) is 18.3 Å². The fourth-order valence-corrected chi connectivity index (χ4v) is 2.63. The van der Waals surface area contributed by atoms with Crippen LogP contribution in [0.5, 0.6) is 5.75 Å². The van der Waals surface area contributed by atoms with E-state index in [1.807, 2.05) is 13.0 Å². The van der Waals surface area contributed by atoms with Gasteiger partial charge in [0, 0.05) is 24.7 Å². The Kier molecular flexibility index (Phi) is 4.83. The number of aryl methyl sites for hydroxylation is 1. The highest BCUT2D eigenvalue weighted by molar-refractivity contribution is 6.07. The van der Waals surface area contributed by atoms with Crippen molar-refractivity contribution in [2.75, 3.05) is 19.5 Å². The largest absolute Gasteiger partial charge is 0.495 e. The average Bonchev–Trinajstić information content (AvgIpc) is 3.09. The molecule has 0 unspecified atom stereocenters. The summed E-state index contributed by atoms with van der Waals surface area (Å²) < 4.78 is 7.02. The summed E-state index contributed by atoms with van der Waals surface area (Å²) in [4.78, 5) is 24.4. The highest BCUT2D eigenvalue weighted by atomic mass is 16.5. The molecule has 0 aliphatic carbocycles. The number of ether oxygens (including phenoxy) is 1. The van der Waals surface area contributed by atoms with Gasteiger partial charge in [-0.1, -0.05) is 5.21 Å². The molecule has 0 radical (unpaired) electrons. The summed E-state index contributed by atoms with van der Waals surface area (Å²) in [5.41, 5.74) is 2.78. The monoisotopic (exact) mass is 353 g/mol. The number of rotatable bonds is 5. The van der Waals surface area contributed by atoms with Gasteiger partial charge in [-0.2, -0.15) is 0 Å². The minimum absolute atomic E-state index is 0.249. The van der Waals surface area contributed by atoms with E-state index in [1.54, 1.807) is 42.1 Å². The minimum atomic E-state index is -0.328. The van der Waals surface area contributed by atoms with Crippen LogP contribution in [0.4, 0.5) is 5.69 Å². The zero-order chi connectivity index (χ0) is 18.7. The summed E-state index contributed by atoms with van der Waals surface area (Å²) >= 11 is 0. The maximum absolute atomic E-state index is 12.6. The van der Waals surface area contributed by atoms with Crippen molar-refractivity contribution in [1.82, 2.24) is 20.3 Å². The number of hydrogen-bond acceptors (Lipinski definition) is 5. The molecule has 0 aliphatic heterocycles. The van der Waals surface area contributed by atoms with Crippen molar-refractivity contribution in [2.24, 2.45) is 0 Å². The number of carbonyl (C=O) groups excluding carboxylic acids is 2. The van der Waals surface area contributed by atoms with E-state index in [0.717, 1.165) is 5.52 Å². The maximum atomic E-state index is 12.6. The summed E-state index contributed by atoms with van der Waals surface area (Å²) in [6.45, 7) is 2.67. The molecular formula is C18H19N5O3. The molecule has 2 aromatic carbocycles. The molecule has 0 saturated heterocycles. The summed E-state index contributed by atoms with van der Waals surface area (Å²) in [5, 5.41) is 13.4. The lowest BCUT2D eigenvalue weighted by Crippen LogP contribution is -2.19. The number of benzene rings is 2. The fraction of sp³-hybridized carbons (Fsp3) is 0.222. The molecular weight excluding hydrogens is 334 g/mol. The molecule has 8 heteroatoms. The number of nitrogens with zero attached hydrogens (tertiary/aromatic N) is 3. The van der Waals surface area contributed by atoms with Crippen molar-refractivity contribution in [3.8, 4) is 5.75 Å². The number of amides is 2. The molecule has 3 aromatic rings. The molecule has 134 valence electrons. The number of fused-ring (bicyclic) bond motifs is 1. The second-order valence-electron chi connectivity index (χ2n) is 5.56. The van der Waals surface area contributed by atoms with Crippen LogP contribution in [-0.2, 0) is 6.54 Å². The van der Waals surface area contributed by atoms with Gasteiger partial charge < -0.3 is 15.4 Å². The normalized spacial score (nSPS) is 10.6. The first-order valence-corrected chi connectivity index (χ1v) is 8.12. The van der Waals surface area contributed by atoms with Gasteiger partial charge in [0.15, 0.2) is 0 Å². The van der Waals surface area contributed by atoms with Gasteiger partial charge in [-0.05, 0) is 43.3 Å². The Balaban J connectivity index is 1.90. The molecule has 0 saturated carbocycles. The van der Waals surface area contributed by atoms with Gasteiger partial charge in [-0.3, -0.25) is 9.59 Å². The first-order valence-electron chi connectivity index (χ1n) is 8.12. The van der Waals surface area contributed by atoms with E-state index in [1.165, 1.54) is 7.11 Å². The van der Waals surface area contributed by atoms with Crippen LogP contribution in [0.25, 0.3) is 11.0 Å². The van der Waals surface area contributed by atoms with Crippen molar-refractivity contribution in [2.45, 2.75) is 13.5 Å². The molecule has 0 atom stereocenters. The van der Waals surface area contributed by atoms with Crippen LogP contribution in [0, 0.1) is 0 Å². The average molecular weight is 353 g/mol. The third-order valence-corrected chi connectivity index (χ3v) is 4.01. The smallest absolute Gasteiger partial charge is 0.255 e. The predicted molar refractivity (Wildman–Crippen MR) is 97.5 cm³/mol. The first-order chi connectivity index (χ1) is 12.6. The number of hydrogen-bond donors (Lipinski definition) is 2. The van der Waals surface area contributed by atoms with Crippen LogP contribution in [0.2, 0.25) is 0 Å². The van der Waals surface area contributed by atoms with Crippen LogP contribution < -0.4 is 15.4 Å². The highest BCUT2D eigenvalue weighted by Gasteiger charge is 2.14. The Morgan fingerprint density at radius 2 is 1.85 bits per heavy atom. The molecule has 8 nitrogen and oxygen atoms in total. The Labute approximate surface area is 150 Å². The summed E-state index contributed by atoms with van der Waals surface area (Å²) in [5.74, 6) is -0.116. The van der Waals surface area contributed by atoms with Crippen molar-refractivity contribution >= 4 is 28.5 Å². The van der Waals surface area contributed by atoms with E-state index >= 15 is 0 Å². The molecule has 2 amide bonds. The van der Waals surface area contributed by atoms with Gasteiger partial charge in [0.25, 0.3) is 11.8 Å². The Morgan fingerprint density at radius 3 is 2.54 bits per heavy atom. The van der Waals surface area contributed by atoms with E-state index < -0.39 is 0 Å². The third-order valence-electron chi connectivity index (χ3n) is 4.01. The number of anilines is 1. The molecule has 0 fully saturated rings. The van der Waals surface area contributed by atoms with Crippen molar-refractivity contribution in [3.05, 3.63) is 47.5 Å². The second-order valence-corrected chi connectivity index (χ2v) is 5.56. The van der Waals surface area contributed by atoms with E-state index in [2.05, 4.69) is 20.9 Å². The molecule has 1 aromatic heterocycles. The van der Waals surface area contributed by atoms with Crippen LogP contribution in [-0.4, -0.2) is 41.0 Å². The standard InChI is InChI=1S/C18H19N5O3/c1-4-23-15-7-5-12(9-13(15)21-22-23)18(25)20-14-10-11(17(24)19-2)6-8-16(14)26-3/h5-10H,4H2,1-3H3,(H,19,24)(H,20,25). The van der Waals surface area contributed by atoms with Gasteiger partial charge in [-0.25, -0.2) is 4.68 Å². The summed E-state index contributed by atoms with van der Waals surface area (Å²) in [6.07, 6.45) is 0. The van der Waals surface area contributed by atoms with E-state index in [4.69, 9.17) is 4.74 Å². The molecule has 1 heterocycles. The lowest BCUT2D eigenvalue weighted by atomic mass is 10.1. The quantitative estimate of drug-likeness (QED) is 0.732. The lowest BCUT2D eigenvalue weighted by Gasteiger charge is -2.12. The van der Waals surface area contributed by atoms with Crippen LogP contribution >= 0.6 is 0 Å². The van der Waals surface area contributed by atoms with Crippen LogP contribution in [0.15, 0.2) is 36.4 Å². The second kappa shape index (κ2) is 7.22. The van der Waals surface area contributed by atoms with Crippen LogP contribution in [0.1, 0.15) is 27.6 Å². The fourth-order valence-electron chi connectivity index (χ4n) is 2.63. The topological polar surface area (TPSA) is 98.1 Å². The number of carbonyl (C=O) groups is 2. The first kappa shape index (κ1) is 17.4. The van der Waals surface area contributed by atoms with Crippen molar-refractivity contribution in [3.63, 3.8) is 0 Å². The molecule has 0 spiro atoms. The molecule has 2 N–H and O–H groups in total. The summed E-state index contributed by atoms with van der Waals surface area (Å²) in [7, 11) is 3.04. The van der Waals surface area contributed by atoms with E-state index in [9.17, 15) is 9.59 Å². The van der Waals surface area contributed by atoms with E-state index in [-0.39, 0.29) is 11.8 Å². The van der Waals surface area contributed by atoms with Gasteiger partial charge in [0.2, 0.25) is 0 Å². The zero-order valence-corrected chi connectivity index (χ0v) is 14.7. The number of nitrogens with one attached hydrogen (secondary N) is 2. The van der Waals surface area contributed by atoms with E-state index in [0.29, 0.717) is 34.6 Å². The van der Waals surface area contributed by atoms with Crippen molar-refractivity contribution in [1.29, 1.82) is 0 Å². The molecule has 3 rings (SSSR count). The summed E-state index contributed by atoms with van der Waals surface area (Å²) in [6, 6.07) is 10.0. The zero-order valence-electron chi connectivity index (χ0n) is 14.7. The minimum Gasteiger partial charge on any atom is -0.495 e. The van der Waals surface area contributed by atoms with Crippen molar-refractivity contribution < 1.29 is 14.3 Å². The Bertz CT molecular complexity index is 980. The molecule has 26 heavy (non-hydrogen) atoms. The predicted octanol–water partition coefficient (Wildman–Crippen LogP) is 2.07. The Morgan fingerprint density at radius 1 is 1.12 bits per heavy atom.